The van der Waals surface area contributed by atoms with E-state index in [0.717, 1.165) is 0 Å². The maximum atomic E-state index is 10.6. The van der Waals surface area contributed by atoms with Gasteiger partial charge in [0.15, 0.2) is 0 Å². The molecule has 3 heteroatoms. The Kier molecular flexibility index (Phi) is 2.00. The monoisotopic (exact) mass is 167 g/mol. The van der Waals surface area contributed by atoms with Gasteiger partial charge in [-0.2, -0.15) is 0 Å². The number of hydrogen-bond donors (Lipinski definition) is 2. The first-order valence-electron chi connectivity index (χ1n) is 4.53. The second-order valence-electron chi connectivity index (χ2n) is 2.32. The van der Waals surface area contributed by atoms with Gasteiger partial charge in [0, 0.05) is 1.37 Å². The number of benzene rings is 1. The van der Waals surface area contributed by atoms with Gasteiger partial charge in [-0.15, -0.1) is 0 Å². The zero-order chi connectivity index (χ0) is 10.8. The second-order valence-corrected chi connectivity index (χ2v) is 2.32. The van der Waals surface area contributed by atoms with Crippen molar-refractivity contribution in [2.24, 2.45) is 5.73 Å². The highest BCUT2D eigenvalue weighted by atomic mass is 16.4. The fraction of sp³-hybridized carbons (Fsp3) is 0.222. The van der Waals surface area contributed by atoms with E-state index in [0.29, 0.717) is 5.56 Å². The molecule has 64 valence electrons. The van der Waals surface area contributed by atoms with Crippen LogP contribution in [-0.2, 0) is 11.2 Å². The van der Waals surface area contributed by atoms with Crippen molar-refractivity contribution in [3.05, 3.63) is 35.9 Å². The predicted molar refractivity (Wildman–Crippen MR) is 45.8 cm³/mol. The summed E-state index contributed by atoms with van der Waals surface area (Å²) < 4.78 is 14.9. The first kappa shape index (κ1) is 6.20. The fourth-order valence-corrected chi connectivity index (χ4v) is 0.791. The molecular formula is C9H11NO2. The van der Waals surface area contributed by atoms with Crippen molar-refractivity contribution >= 4 is 5.97 Å². The molecular weight excluding hydrogens is 154 g/mol. The van der Waals surface area contributed by atoms with Gasteiger partial charge < -0.3 is 10.8 Å². The molecule has 1 aromatic rings. The van der Waals surface area contributed by atoms with E-state index in [1.165, 1.54) is 0 Å². The van der Waals surface area contributed by atoms with Crippen molar-refractivity contribution < 1.29 is 12.6 Å². The molecule has 1 aromatic carbocycles. The summed E-state index contributed by atoms with van der Waals surface area (Å²) in [6.45, 7) is 0. The minimum Gasteiger partial charge on any atom is -0.480 e. The SMILES string of the molecule is [2H][C@@H](c1ccccc1)[C@]([2H])(N)C(=O)O. The van der Waals surface area contributed by atoms with E-state index in [1.807, 2.05) is 0 Å². The van der Waals surface area contributed by atoms with Crippen molar-refractivity contribution in [2.75, 3.05) is 0 Å². The molecule has 3 nitrogen and oxygen atoms in total. The van der Waals surface area contributed by atoms with E-state index < -0.39 is 18.4 Å². The summed E-state index contributed by atoms with van der Waals surface area (Å²) in [4.78, 5) is 10.6. The predicted octanol–water partition coefficient (Wildman–Crippen LogP) is 0.641. The van der Waals surface area contributed by atoms with Gasteiger partial charge in [-0.3, -0.25) is 4.79 Å². The highest BCUT2D eigenvalue weighted by molar-refractivity contribution is 5.73. The number of aliphatic carboxylic acids is 1. The van der Waals surface area contributed by atoms with Gasteiger partial charge in [0.2, 0.25) is 0 Å². The van der Waals surface area contributed by atoms with Crippen LogP contribution in [0.3, 0.4) is 0 Å². The Morgan fingerprint density at radius 3 is 2.75 bits per heavy atom. The molecule has 3 N–H and O–H groups in total. The standard InChI is InChI=1S/C9H11NO2/c10-8(9(11)12)6-7-4-2-1-3-5-7/h1-5,8H,6,10H2,(H,11,12)/t8-/m0/s1/i6D,8D/t6-,8-. The van der Waals surface area contributed by atoms with Crippen molar-refractivity contribution in [1.82, 2.24) is 0 Å². The van der Waals surface area contributed by atoms with Crippen LogP contribution in [-0.4, -0.2) is 17.1 Å². The maximum Gasteiger partial charge on any atom is 0.320 e. The van der Waals surface area contributed by atoms with Gasteiger partial charge in [0.1, 0.15) is 6.02 Å². The quantitative estimate of drug-likeness (QED) is 0.694. The summed E-state index contributed by atoms with van der Waals surface area (Å²) in [5.74, 6) is -1.50. The molecule has 12 heavy (non-hydrogen) atoms. The van der Waals surface area contributed by atoms with E-state index >= 15 is 0 Å². The average molecular weight is 167 g/mol. The Balaban J connectivity index is 2.96. The van der Waals surface area contributed by atoms with Crippen LogP contribution in [0.1, 0.15) is 8.30 Å². The zero-order valence-electron chi connectivity index (χ0n) is 8.40. The van der Waals surface area contributed by atoms with Gasteiger partial charge in [0.25, 0.3) is 0 Å². The number of carboxylic acid groups (broad SMARTS) is 1. The Bertz CT molecular complexity index is 327. The molecule has 1 rings (SSSR count). The molecule has 0 heterocycles. The largest absolute Gasteiger partial charge is 0.480 e. The average Bonchev–Trinajstić information content (AvgIpc) is 2.17. The third kappa shape index (κ3) is 2.36. The molecule has 0 bridgehead atoms. The third-order valence-corrected chi connectivity index (χ3v) is 1.37. The van der Waals surface area contributed by atoms with Crippen molar-refractivity contribution in [1.29, 1.82) is 0 Å². The van der Waals surface area contributed by atoms with E-state index in [4.69, 9.17) is 13.6 Å². The lowest BCUT2D eigenvalue weighted by molar-refractivity contribution is -0.138. The lowest BCUT2D eigenvalue weighted by Gasteiger charge is -2.04. The Hall–Kier alpha value is -1.35. The number of rotatable bonds is 3. The highest BCUT2D eigenvalue weighted by Gasteiger charge is 2.10. The van der Waals surface area contributed by atoms with Gasteiger partial charge in [-0.05, 0) is 12.0 Å². The molecule has 0 amide bonds. The van der Waals surface area contributed by atoms with Crippen LogP contribution in [0.5, 0.6) is 0 Å². The van der Waals surface area contributed by atoms with Crippen LogP contribution in [0, 0.1) is 0 Å². The zero-order valence-corrected chi connectivity index (χ0v) is 6.40. The van der Waals surface area contributed by atoms with Gasteiger partial charge in [-0.1, -0.05) is 30.3 Å². The van der Waals surface area contributed by atoms with E-state index in [1.54, 1.807) is 30.3 Å². The lowest BCUT2D eigenvalue weighted by Crippen LogP contribution is -2.32. The molecule has 0 unspecified atom stereocenters. The summed E-state index contributed by atoms with van der Waals surface area (Å²) in [6.07, 6.45) is -1.29. The van der Waals surface area contributed by atoms with Crippen LogP contribution in [0.4, 0.5) is 0 Å². The van der Waals surface area contributed by atoms with Crippen LogP contribution >= 0.6 is 0 Å². The lowest BCUT2D eigenvalue weighted by atomic mass is 10.1. The minimum atomic E-state index is -2.30. The molecule has 0 spiro atoms. The summed E-state index contributed by atoms with van der Waals surface area (Å²) >= 11 is 0. The fourth-order valence-electron chi connectivity index (χ4n) is 0.791. The summed E-state index contributed by atoms with van der Waals surface area (Å²) in [5, 5.41) is 8.64. The normalized spacial score (nSPS) is 20.1. The summed E-state index contributed by atoms with van der Waals surface area (Å²) in [7, 11) is 0. The van der Waals surface area contributed by atoms with Crippen LogP contribution < -0.4 is 5.73 Å². The van der Waals surface area contributed by atoms with Crippen LogP contribution in [0.2, 0.25) is 0 Å². The molecule has 2 atom stereocenters. The van der Waals surface area contributed by atoms with Crippen LogP contribution in [0.25, 0.3) is 0 Å². The molecule has 0 aliphatic rings. The van der Waals surface area contributed by atoms with Gasteiger partial charge >= 0.3 is 5.97 Å². The minimum absolute atomic E-state index is 0.424. The molecule has 0 aliphatic carbocycles. The summed E-state index contributed by atoms with van der Waals surface area (Å²) in [6, 6.07) is 5.96. The Labute approximate surface area is 73.6 Å². The van der Waals surface area contributed by atoms with Crippen molar-refractivity contribution in [3.8, 4) is 0 Å². The number of carbonyl (C=O) groups is 1. The number of carboxylic acids is 1. The molecule has 0 saturated heterocycles. The van der Waals surface area contributed by atoms with Gasteiger partial charge in [-0.25, -0.2) is 0 Å². The highest BCUT2D eigenvalue weighted by Crippen LogP contribution is 2.01. The van der Waals surface area contributed by atoms with E-state index in [9.17, 15) is 4.79 Å². The molecule has 0 fully saturated rings. The molecule has 0 aromatic heterocycles. The molecule has 0 saturated carbocycles. The van der Waals surface area contributed by atoms with E-state index in [-0.39, 0.29) is 0 Å². The van der Waals surface area contributed by atoms with Crippen molar-refractivity contribution in [2.45, 2.75) is 12.4 Å². The molecule has 0 aliphatic heterocycles. The maximum absolute atomic E-state index is 10.6. The Morgan fingerprint density at radius 2 is 2.25 bits per heavy atom. The molecule has 0 radical (unpaired) electrons. The first-order chi connectivity index (χ1) is 6.46. The topological polar surface area (TPSA) is 63.3 Å². The number of hydrogen-bond acceptors (Lipinski definition) is 2. The number of nitrogens with two attached hydrogens (primary N) is 1. The Morgan fingerprint density at radius 1 is 1.67 bits per heavy atom. The van der Waals surface area contributed by atoms with Gasteiger partial charge in [0.05, 0.1) is 1.37 Å². The van der Waals surface area contributed by atoms with Crippen molar-refractivity contribution in [3.63, 3.8) is 0 Å². The first-order valence-corrected chi connectivity index (χ1v) is 3.45. The second kappa shape index (κ2) is 3.88. The third-order valence-electron chi connectivity index (χ3n) is 1.37. The summed E-state index contributed by atoms with van der Waals surface area (Å²) in [5.41, 5.74) is 5.64. The van der Waals surface area contributed by atoms with Crippen LogP contribution in [0.15, 0.2) is 30.3 Å². The van der Waals surface area contributed by atoms with E-state index in [2.05, 4.69) is 0 Å². The smallest absolute Gasteiger partial charge is 0.320 e.